The Balaban J connectivity index is -0.000000150. The zero-order valence-corrected chi connectivity index (χ0v) is 7.43. The molecule has 0 bridgehead atoms. The van der Waals surface area contributed by atoms with Crippen LogP contribution in [-0.2, 0) is 4.74 Å². The third kappa shape index (κ3) is 207. The van der Waals surface area contributed by atoms with Gasteiger partial charge in [-0.15, -0.1) is 0 Å². The summed E-state index contributed by atoms with van der Waals surface area (Å²) in [5.74, 6) is 0. The Kier molecular flexibility index (Phi) is 4.08. The monoisotopic (exact) mass is 220 g/mol. The first-order valence-corrected chi connectivity index (χ1v) is 5.03. The first-order valence-electron chi connectivity index (χ1n) is 3.01. The molecule has 8 heteroatoms. The fraction of sp³-hybridized carbons (Fsp3) is 1.00. The summed E-state index contributed by atoms with van der Waals surface area (Å²) in [7, 11) is -10.7. The zero-order chi connectivity index (χ0) is 10.5. The van der Waals surface area contributed by atoms with Crippen LogP contribution in [0.1, 0.15) is 15.3 Å². The second-order valence-corrected chi connectivity index (χ2v) is 3.66. The minimum atomic E-state index is -10.7. The molecule has 1 nitrogen and oxygen atoms in total. The molecule has 0 aromatic rings. The molecule has 0 aliphatic heterocycles. The van der Waals surface area contributed by atoms with Crippen LogP contribution in [0.15, 0.2) is 0 Å². The van der Waals surface area contributed by atoms with Gasteiger partial charge in [-0.05, 0) is 13.8 Å². The minimum absolute atomic E-state index is 0. The summed E-state index contributed by atoms with van der Waals surface area (Å²) in [6.45, 7) is 5.67. The molecule has 0 N–H and O–H groups in total. The van der Waals surface area contributed by atoms with E-state index in [1.54, 1.807) is 0 Å². The molecular formula is C4H11F6OP. The first kappa shape index (κ1) is 14.5. The Morgan fingerprint density at radius 1 is 0.917 bits per heavy atom. The SMILES string of the molecule is CCOCC.F[P-](F)(F)(F)(F)F.[H+]. The molecule has 12 heavy (non-hydrogen) atoms. The molecule has 0 aliphatic rings. The van der Waals surface area contributed by atoms with E-state index in [-0.39, 0.29) is 1.43 Å². The summed E-state index contributed by atoms with van der Waals surface area (Å²) >= 11 is 0. The molecular weight excluding hydrogens is 209 g/mol. The molecule has 0 saturated heterocycles. The number of halogens is 6. The van der Waals surface area contributed by atoms with Crippen LogP contribution >= 0.6 is 7.81 Å². The van der Waals surface area contributed by atoms with E-state index in [0.29, 0.717) is 0 Å². The van der Waals surface area contributed by atoms with Gasteiger partial charge >= 0.3 is 34.4 Å². The van der Waals surface area contributed by atoms with Crippen molar-refractivity contribution in [2.24, 2.45) is 0 Å². The number of hydrogen-bond donors (Lipinski definition) is 0. The first-order chi connectivity index (χ1) is 4.86. The summed E-state index contributed by atoms with van der Waals surface area (Å²) in [4.78, 5) is 0. The Bertz CT molecular complexity index is 114. The normalized spacial score (nSPS) is 17.0. The summed E-state index contributed by atoms with van der Waals surface area (Å²) in [6.07, 6.45) is 0. The summed E-state index contributed by atoms with van der Waals surface area (Å²) in [6, 6.07) is 0. The van der Waals surface area contributed by atoms with Gasteiger partial charge in [0.05, 0.1) is 0 Å². The topological polar surface area (TPSA) is 9.23 Å². The van der Waals surface area contributed by atoms with Crippen LogP contribution < -0.4 is 0 Å². The Morgan fingerprint density at radius 2 is 1.08 bits per heavy atom. The molecule has 80 valence electrons. The van der Waals surface area contributed by atoms with Crippen molar-refractivity contribution in [1.82, 2.24) is 0 Å². The van der Waals surface area contributed by atoms with E-state index in [1.807, 2.05) is 13.8 Å². The number of hydrogen-bond acceptors (Lipinski definition) is 1. The van der Waals surface area contributed by atoms with Gasteiger partial charge < -0.3 is 4.74 Å². The molecule has 0 unspecified atom stereocenters. The minimum Gasteiger partial charge on any atom is 1.00 e. The maximum atomic E-state index is 9.87. The van der Waals surface area contributed by atoms with Crippen LogP contribution in [0.4, 0.5) is 25.2 Å². The molecule has 0 rings (SSSR count). The molecule has 0 spiro atoms. The van der Waals surface area contributed by atoms with Crippen LogP contribution in [0.3, 0.4) is 0 Å². The van der Waals surface area contributed by atoms with Crippen LogP contribution in [0, 0.1) is 0 Å². The Morgan fingerprint density at radius 3 is 1.08 bits per heavy atom. The van der Waals surface area contributed by atoms with Crippen molar-refractivity contribution >= 4 is 7.81 Å². The molecule has 0 aliphatic carbocycles. The van der Waals surface area contributed by atoms with Gasteiger partial charge in [-0.3, -0.25) is 0 Å². The van der Waals surface area contributed by atoms with Crippen LogP contribution in [-0.4, -0.2) is 13.2 Å². The summed E-state index contributed by atoms with van der Waals surface area (Å²) in [5, 5.41) is 0. The van der Waals surface area contributed by atoms with E-state index in [9.17, 15) is 25.2 Å². The average Bonchev–Trinajstić information content (AvgIpc) is 1.58. The van der Waals surface area contributed by atoms with Crippen molar-refractivity contribution < 1.29 is 31.3 Å². The van der Waals surface area contributed by atoms with Gasteiger partial charge in [0.2, 0.25) is 0 Å². The van der Waals surface area contributed by atoms with Crippen molar-refractivity contribution in [1.29, 1.82) is 0 Å². The van der Waals surface area contributed by atoms with E-state index in [0.717, 1.165) is 13.2 Å². The molecule has 0 saturated carbocycles. The van der Waals surface area contributed by atoms with Gasteiger partial charge in [0.15, 0.2) is 0 Å². The summed E-state index contributed by atoms with van der Waals surface area (Å²) in [5.41, 5.74) is 0. The third-order valence-electron chi connectivity index (χ3n) is 0.408. The van der Waals surface area contributed by atoms with Gasteiger partial charge in [-0.25, -0.2) is 0 Å². The van der Waals surface area contributed by atoms with Crippen molar-refractivity contribution in [2.75, 3.05) is 13.2 Å². The predicted octanol–water partition coefficient (Wildman–Crippen LogP) is 4.54. The Labute approximate surface area is 67.4 Å². The Hall–Kier alpha value is -0.0300. The van der Waals surface area contributed by atoms with Gasteiger partial charge in [-0.1, -0.05) is 0 Å². The molecule has 0 radical (unpaired) electrons. The van der Waals surface area contributed by atoms with Crippen LogP contribution in [0.25, 0.3) is 0 Å². The van der Waals surface area contributed by atoms with E-state index in [2.05, 4.69) is 0 Å². The van der Waals surface area contributed by atoms with Gasteiger partial charge in [0.1, 0.15) is 0 Å². The number of rotatable bonds is 2. The predicted molar refractivity (Wildman–Crippen MR) is 36.8 cm³/mol. The second kappa shape index (κ2) is 3.38. The largest absolute Gasteiger partial charge is 1.00 e. The number of ether oxygens (including phenoxy) is 1. The van der Waals surface area contributed by atoms with Gasteiger partial charge in [-0.2, -0.15) is 0 Å². The zero-order valence-electron chi connectivity index (χ0n) is 7.54. The smallest absolute Gasteiger partial charge is 1.00 e. The van der Waals surface area contributed by atoms with Crippen molar-refractivity contribution in [3.63, 3.8) is 0 Å². The maximum absolute atomic E-state index is 10.7. The van der Waals surface area contributed by atoms with Crippen LogP contribution in [0.5, 0.6) is 0 Å². The van der Waals surface area contributed by atoms with Gasteiger partial charge in [0, 0.05) is 13.2 Å². The van der Waals surface area contributed by atoms with Gasteiger partial charge in [0.25, 0.3) is 0 Å². The summed E-state index contributed by atoms with van der Waals surface area (Å²) < 4.78 is 64.0. The quantitative estimate of drug-likeness (QED) is 0.490. The fourth-order valence-electron chi connectivity index (χ4n) is 0.204. The molecule has 0 atom stereocenters. The van der Waals surface area contributed by atoms with E-state index < -0.39 is 7.81 Å². The fourth-order valence-corrected chi connectivity index (χ4v) is 0.204. The molecule has 0 fully saturated rings. The van der Waals surface area contributed by atoms with Crippen molar-refractivity contribution in [3.05, 3.63) is 0 Å². The second-order valence-electron chi connectivity index (χ2n) is 1.74. The maximum Gasteiger partial charge on any atom is 1.00 e. The van der Waals surface area contributed by atoms with E-state index in [1.165, 1.54) is 0 Å². The average molecular weight is 220 g/mol. The molecule has 0 aromatic heterocycles. The van der Waals surface area contributed by atoms with Crippen molar-refractivity contribution in [3.8, 4) is 0 Å². The van der Waals surface area contributed by atoms with Crippen LogP contribution in [0.2, 0.25) is 0 Å². The molecule has 0 amide bonds. The van der Waals surface area contributed by atoms with E-state index in [4.69, 9.17) is 4.74 Å². The molecule has 0 heterocycles. The standard InChI is InChI=1S/C4H10O.F6P/c1-3-5-4-2;1-7(2,3,4,5)6/h3-4H2,1-2H3;/q;-1/p+1. The van der Waals surface area contributed by atoms with Crippen molar-refractivity contribution in [2.45, 2.75) is 13.8 Å². The molecule has 0 aromatic carbocycles. The third-order valence-corrected chi connectivity index (χ3v) is 0.408. The van der Waals surface area contributed by atoms with E-state index >= 15 is 0 Å².